The molecule has 0 N–H and O–H groups in total. The predicted molar refractivity (Wildman–Crippen MR) is 73.8 cm³/mol. The summed E-state index contributed by atoms with van der Waals surface area (Å²) in [6.45, 7) is 9.95. The Kier molecular flexibility index (Phi) is 6.48. The van der Waals surface area contributed by atoms with Crippen molar-refractivity contribution in [3.63, 3.8) is 0 Å². The molecule has 1 aromatic carbocycles. The minimum atomic E-state index is -1.31. The van der Waals surface area contributed by atoms with Crippen LogP contribution in [0.15, 0.2) is 24.3 Å². The maximum atomic E-state index is 5.78. The molecule has 1 radical (unpaired) electrons. The van der Waals surface area contributed by atoms with Crippen LogP contribution < -0.4 is 5.19 Å². The zero-order chi connectivity index (χ0) is 12.7. The van der Waals surface area contributed by atoms with Gasteiger partial charge in [0, 0.05) is 13.2 Å². The topological polar surface area (TPSA) is 18.5 Å². The normalized spacial score (nSPS) is 13.0. The highest BCUT2D eigenvalue weighted by Gasteiger charge is 2.22. The van der Waals surface area contributed by atoms with Crippen molar-refractivity contribution in [2.45, 2.75) is 40.0 Å². The molecule has 0 aliphatic rings. The summed E-state index contributed by atoms with van der Waals surface area (Å²) in [4.78, 5) is 0. The van der Waals surface area contributed by atoms with Crippen LogP contribution in [-0.2, 0) is 8.85 Å². The Labute approximate surface area is 107 Å². The summed E-state index contributed by atoms with van der Waals surface area (Å²) >= 11 is 0. The van der Waals surface area contributed by atoms with Gasteiger partial charge in [-0.05, 0) is 36.9 Å². The Morgan fingerprint density at radius 3 is 2.18 bits per heavy atom. The van der Waals surface area contributed by atoms with Crippen LogP contribution in [0.5, 0.6) is 0 Å². The summed E-state index contributed by atoms with van der Waals surface area (Å²) in [6.07, 6.45) is 1.14. The van der Waals surface area contributed by atoms with E-state index in [1.54, 1.807) is 0 Å². The van der Waals surface area contributed by atoms with Crippen molar-refractivity contribution in [3.05, 3.63) is 29.8 Å². The largest absolute Gasteiger partial charge is 0.423 e. The average Bonchev–Trinajstić information content (AvgIpc) is 2.37. The molecule has 0 heterocycles. The molecule has 1 aromatic rings. The van der Waals surface area contributed by atoms with Gasteiger partial charge >= 0.3 is 9.28 Å². The number of hydrogen-bond acceptors (Lipinski definition) is 2. The lowest BCUT2D eigenvalue weighted by Gasteiger charge is -2.19. The van der Waals surface area contributed by atoms with Gasteiger partial charge in [-0.15, -0.1) is 0 Å². The third-order valence-electron chi connectivity index (χ3n) is 2.87. The maximum absolute atomic E-state index is 5.78. The first-order valence-corrected chi connectivity index (χ1v) is 7.78. The molecule has 0 aromatic heterocycles. The van der Waals surface area contributed by atoms with Gasteiger partial charge in [0.05, 0.1) is 0 Å². The fourth-order valence-corrected chi connectivity index (χ4v) is 3.51. The van der Waals surface area contributed by atoms with E-state index in [4.69, 9.17) is 8.85 Å². The molecule has 0 bridgehead atoms. The summed E-state index contributed by atoms with van der Waals surface area (Å²) in [7, 11) is -1.31. The van der Waals surface area contributed by atoms with E-state index in [9.17, 15) is 0 Å². The van der Waals surface area contributed by atoms with Gasteiger partial charge in [0.25, 0.3) is 0 Å². The van der Waals surface area contributed by atoms with Crippen LogP contribution in [0.1, 0.15) is 45.6 Å². The van der Waals surface area contributed by atoms with Gasteiger partial charge in [0.15, 0.2) is 0 Å². The zero-order valence-corrected chi connectivity index (χ0v) is 12.3. The number of rotatable bonds is 7. The van der Waals surface area contributed by atoms with Gasteiger partial charge in [-0.1, -0.05) is 38.1 Å². The van der Waals surface area contributed by atoms with Crippen LogP contribution in [-0.4, -0.2) is 22.5 Å². The van der Waals surface area contributed by atoms with E-state index >= 15 is 0 Å². The molecule has 0 fully saturated rings. The summed E-state index contributed by atoms with van der Waals surface area (Å²) < 4.78 is 11.6. The van der Waals surface area contributed by atoms with Gasteiger partial charge in [-0.2, -0.15) is 0 Å². The van der Waals surface area contributed by atoms with E-state index in [-0.39, 0.29) is 0 Å². The van der Waals surface area contributed by atoms with Crippen molar-refractivity contribution in [3.8, 4) is 0 Å². The molecule has 1 rings (SSSR count). The van der Waals surface area contributed by atoms with Gasteiger partial charge in [0.2, 0.25) is 0 Å². The summed E-state index contributed by atoms with van der Waals surface area (Å²) in [5.41, 5.74) is 1.38. The molecule has 1 atom stereocenters. The lowest BCUT2D eigenvalue weighted by atomic mass is 9.99. The molecule has 0 aliphatic heterocycles. The second-order valence-electron chi connectivity index (χ2n) is 4.05. The van der Waals surface area contributed by atoms with Crippen molar-refractivity contribution >= 4 is 14.5 Å². The Bertz CT molecular complexity index is 322. The molecular formula is C14H23O2Si. The van der Waals surface area contributed by atoms with Crippen LogP contribution in [0.3, 0.4) is 0 Å². The molecule has 0 aliphatic carbocycles. The number of benzene rings is 1. The van der Waals surface area contributed by atoms with Gasteiger partial charge in [-0.25, -0.2) is 0 Å². The van der Waals surface area contributed by atoms with Crippen molar-refractivity contribution < 1.29 is 8.85 Å². The quantitative estimate of drug-likeness (QED) is 0.694. The monoisotopic (exact) mass is 251 g/mol. The van der Waals surface area contributed by atoms with Gasteiger partial charge < -0.3 is 8.85 Å². The first-order chi connectivity index (χ1) is 8.24. The number of hydrogen-bond donors (Lipinski definition) is 0. The van der Waals surface area contributed by atoms with Crippen LogP contribution in [0.2, 0.25) is 0 Å². The van der Waals surface area contributed by atoms with Crippen LogP contribution >= 0.6 is 0 Å². The minimum Gasteiger partial charge on any atom is -0.390 e. The average molecular weight is 251 g/mol. The van der Waals surface area contributed by atoms with E-state index in [2.05, 4.69) is 38.1 Å². The molecule has 0 saturated heterocycles. The lowest BCUT2D eigenvalue weighted by molar-refractivity contribution is 0.225. The summed E-state index contributed by atoms with van der Waals surface area (Å²) in [6, 6.07) is 8.53. The molecular weight excluding hydrogens is 228 g/mol. The Balaban J connectivity index is 2.99. The van der Waals surface area contributed by atoms with E-state index < -0.39 is 9.28 Å². The fraction of sp³-hybridized carbons (Fsp3) is 0.571. The van der Waals surface area contributed by atoms with E-state index in [0.717, 1.165) is 6.42 Å². The van der Waals surface area contributed by atoms with Crippen molar-refractivity contribution in [1.82, 2.24) is 0 Å². The molecule has 0 amide bonds. The molecule has 95 valence electrons. The highest BCUT2D eigenvalue weighted by molar-refractivity contribution is 6.61. The predicted octanol–water partition coefficient (Wildman–Crippen LogP) is 2.97. The standard InChI is InChI=1S/C14H23O2Si/c1-5-12(4)13-10-8-9-11-14(13)17(15-6-2)16-7-3/h8-12H,5-7H2,1-4H3. The first kappa shape index (κ1) is 14.4. The van der Waals surface area contributed by atoms with Crippen molar-refractivity contribution in [2.75, 3.05) is 13.2 Å². The van der Waals surface area contributed by atoms with Crippen molar-refractivity contribution in [1.29, 1.82) is 0 Å². The SMILES string of the molecule is CCO[Si](OCC)c1ccccc1C(C)CC. The molecule has 0 saturated carbocycles. The molecule has 17 heavy (non-hydrogen) atoms. The van der Waals surface area contributed by atoms with Gasteiger partial charge in [0.1, 0.15) is 0 Å². The summed E-state index contributed by atoms with van der Waals surface area (Å²) in [5.74, 6) is 0.562. The first-order valence-electron chi connectivity index (χ1n) is 6.46. The Morgan fingerprint density at radius 1 is 1.06 bits per heavy atom. The fourth-order valence-electron chi connectivity index (χ4n) is 1.79. The van der Waals surface area contributed by atoms with Gasteiger partial charge in [-0.3, -0.25) is 0 Å². The van der Waals surface area contributed by atoms with Crippen LogP contribution in [0.25, 0.3) is 0 Å². The zero-order valence-electron chi connectivity index (χ0n) is 11.3. The second kappa shape index (κ2) is 7.64. The Morgan fingerprint density at radius 2 is 1.65 bits per heavy atom. The third kappa shape index (κ3) is 3.94. The smallest absolute Gasteiger partial charge is 0.390 e. The lowest BCUT2D eigenvalue weighted by Crippen LogP contribution is -2.39. The maximum Gasteiger partial charge on any atom is 0.423 e. The molecule has 0 spiro atoms. The van der Waals surface area contributed by atoms with E-state index in [1.807, 2.05) is 13.8 Å². The minimum absolute atomic E-state index is 0.562. The van der Waals surface area contributed by atoms with E-state index in [0.29, 0.717) is 19.1 Å². The molecule has 3 heteroatoms. The van der Waals surface area contributed by atoms with E-state index in [1.165, 1.54) is 10.8 Å². The van der Waals surface area contributed by atoms with Crippen molar-refractivity contribution in [2.24, 2.45) is 0 Å². The molecule has 2 nitrogen and oxygen atoms in total. The summed E-state index contributed by atoms with van der Waals surface area (Å²) in [5, 5.41) is 1.27. The van der Waals surface area contributed by atoms with Crippen LogP contribution in [0.4, 0.5) is 0 Å². The second-order valence-corrected chi connectivity index (χ2v) is 5.74. The highest BCUT2D eigenvalue weighted by Crippen LogP contribution is 2.17. The molecule has 1 unspecified atom stereocenters. The van der Waals surface area contributed by atoms with Crippen LogP contribution in [0, 0.1) is 0 Å². The highest BCUT2D eigenvalue weighted by atomic mass is 28.3. The Hall–Kier alpha value is -0.643. The third-order valence-corrected chi connectivity index (χ3v) is 4.87.